The number of ether oxygens (including phenoxy) is 1. The minimum absolute atomic E-state index is 0.0693. The number of thioether (sulfide) groups is 1. The van der Waals surface area contributed by atoms with E-state index >= 15 is 0 Å². The Labute approximate surface area is 250 Å². The van der Waals surface area contributed by atoms with Crippen molar-refractivity contribution in [3.05, 3.63) is 129 Å². The van der Waals surface area contributed by atoms with Gasteiger partial charge >= 0.3 is 0 Å². The highest BCUT2D eigenvalue weighted by Crippen LogP contribution is 2.35. The average molecular weight is 596 g/mol. The topological polar surface area (TPSA) is 140 Å². The number of para-hydroxylation sites is 1. The molecule has 1 fully saturated rings. The first-order valence-corrected chi connectivity index (χ1v) is 13.8. The second-order valence-electron chi connectivity index (χ2n) is 9.30. The Morgan fingerprint density at radius 3 is 2.67 bits per heavy atom. The molecule has 216 valence electrons. The number of anilines is 1. The van der Waals surface area contributed by atoms with Gasteiger partial charge in [-0.25, -0.2) is 0 Å². The number of nitrogens with zero attached hydrogens (tertiary/aromatic N) is 4. The van der Waals surface area contributed by atoms with E-state index < -0.39 is 4.92 Å². The van der Waals surface area contributed by atoms with Gasteiger partial charge in [0.05, 0.1) is 28.9 Å². The molecule has 0 atom stereocenters. The van der Waals surface area contributed by atoms with Gasteiger partial charge in [0, 0.05) is 28.9 Å². The van der Waals surface area contributed by atoms with Crippen LogP contribution in [0.5, 0.6) is 5.75 Å². The molecular formula is C31H25N5O6S. The normalized spacial score (nSPS) is 15.0. The molecule has 4 aromatic rings. The van der Waals surface area contributed by atoms with Crippen LogP contribution in [-0.2, 0) is 16.1 Å². The first kappa shape index (κ1) is 29.0. The molecule has 1 aromatic heterocycles. The highest BCUT2D eigenvalue weighted by atomic mass is 32.2. The van der Waals surface area contributed by atoms with E-state index in [0.717, 1.165) is 17.3 Å². The fourth-order valence-corrected chi connectivity index (χ4v) is 4.92. The van der Waals surface area contributed by atoms with E-state index in [1.807, 2.05) is 31.2 Å². The number of non-ortho nitro benzene ring substituents is 1. The fraction of sp³-hybridized carbons (Fsp3) is 0.0968. The summed E-state index contributed by atoms with van der Waals surface area (Å²) in [5, 5.41) is 22.5. The molecule has 1 aliphatic rings. The maximum Gasteiger partial charge on any atom is 0.270 e. The SMILES string of the molecule is Cc1ccc(NC(=O)COc2ccccc2/C=C2\S/C(=N/N=C\c3cccc([N+](=O)[O-])c3)N(Cc3ccco3)C2=O)cc1. The fourth-order valence-electron chi connectivity index (χ4n) is 3.99. The number of furan rings is 1. The molecule has 1 N–H and O–H groups in total. The quantitative estimate of drug-likeness (QED) is 0.102. The van der Waals surface area contributed by atoms with E-state index in [2.05, 4.69) is 15.5 Å². The number of nitro benzene ring substituents is 1. The molecule has 0 unspecified atom stereocenters. The molecule has 1 saturated heterocycles. The molecule has 0 spiro atoms. The minimum Gasteiger partial charge on any atom is -0.483 e. The third kappa shape index (κ3) is 7.63. The van der Waals surface area contributed by atoms with Gasteiger partial charge < -0.3 is 14.5 Å². The van der Waals surface area contributed by atoms with E-state index in [4.69, 9.17) is 9.15 Å². The van der Waals surface area contributed by atoms with Crippen LogP contribution in [0.25, 0.3) is 6.08 Å². The van der Waals surface area contributed by atoms with Gasteiger partial charge in [0.1, 0.15) is 11.5 Å². The summed E-state index contributed by atoms with van der Waals surface area (Å²) in [6.45, 7) is 1.86. The standard InChI is InChI=1S/C31H25N5O6S/c1-21-11-13-24(14-12-21)33-29(37)20-42-27-10-3-2-7-23(27)17-28-30(38)35(19-26-9-5-15-41-26)31(43-28)34-32-18-22-6-4-8-25(16-22)36(39)40/h2-18H,19-20H2,1H3,(H,33,37)/b28-17-,32-18-,34-31+. The maximum atomic E-state index is 13.5. The third-order valence-electron chi connectivity index (χ3n) is 6.11. The summed E-state index contributed by atoms with van der Waals surface area (Å²) in [4.78, 5) is 38.3. The highest BCUT2D eigenvalue weighted by Gasteiger charge is 2.34. The van der Waals surface area contributed by atoms with Gasteiger partial charge in [0.25, 0.3) is 17.5 Å². The second-order valence-corrected chi connectivity index (χ2v) is 10.3. The number of carbonyl (C=O) groups is 2. The molecule has 0 saturated carbocycles. The van der Waals surface area contributed by atoms with Crippen LogP contribution in [0.15, 0.2) is 111 Å². The van der Waals surface area contributed by atoms with Crippen molar-refractivity contribution in [1.29, 1.82) is 0 Å². The molecule has 0 radical (unpaired) electrons. The second kappa shape index (κ2) is 13.4. The summed E-state index contributed by atoms with van der Waals surface area (Å²) < 4.78 is 11.3. The van der Waals surface area contributed by atoms with E-state index in [9.17, 15) is 19.7 Å². The number of nitrogens with one attached hydrogen (secondary N) is 1. The predicted molar refractivity (Wildman–Crippen MR) is 165 cm³/mol. The van der Waals surface area contributed by atoms with Crippen LogP contribution in [0.3, 0.4) is 0 Å². The lowest BCUT2D eigenvalue weighted by atomic mass is 10.2. The molecule has 11 nitrogen and oxygen atoms in total. The van der Waals surface area contributed by atoms with Crippen LogP contribution in [0.4, 0.5) is 11.4 Å². The number of aryl methyl sites for hydroxylation is 1. The van der Waals surface area contributed by atoms with Crippen LogP contribution in [-0.4, -0.2) is 39.6 Å². The smallest absolute Gasteiger partial charge is 0.270 e. The molecule has 0 bridgehead atoms. The van der Waals surface area contributed by atoms with Gasteiger partial charge in [-0.1, -0.05) is 48.0 Å². The largest absolute Gasteiger partial charge is 0.483 e. The van der Waals surface area contributed by atoms with Crippen molar-refractivity contribution < 1.29 is 23.7 Å². The summed E-state index contributed by atoms with van der Waals surface area (Å²) in [5.41, 5.74) is 2.76. The van der Waals surface area contributed by atoms with E-state index in [-0.39, 0.29) is 30.7 Å². The lowest BCUT2D eigenvalue weighted by molar-refractivity contribution is -0.384. The number of benzene rings is 3. The van der Waals surface area contributed by atoms with Crippen molar-refractivity contribution in [1.82, 2.24) is 4.90 Å². The molecule has 0 aliphatic carbocycles. The summed E-state index contributed by atoms with van der Waals surface area (Å²) in [7, 11) is 0. The number of hydrogen-bond donors (Lipinski definition) is 1. The highest BCUT2D eigenvalue weighted by molar-refractivity contribution is 8.18. The van der Waals surface area contributed by atoms with Crippen LogP contribution < -0.4 is 10.1 Å². The zero-order valence-electron chi connectivity index (χ0n) is 22.9. The number of rotatable bonds is 10. The van der Waals surface area contributed by atoms with Crippen LogP contribution >= 0.6 is 11.8 Å². The van der Waals surface area contributed by atoms with E-state index in [1.54, 1.807) is 54.6 Å². The lowest BCUT2D eigenvalue weighted by Gasteiger charge is -2.12. The van der Waals surface area contributed by atoms with Crippen LogP contribution in [0, 0.1) is 17.0 Å². The van der Waals surface area contributed by atoms with Crippen molar-refractivity contribution in [2.24, 2.45) is 10.2 Å². The Hall–Kier alpha value is -5.49. The molecule has 43 heavy (non-hydrogen) atoms. The van der Waals surface area contributed by atoms with Crippen molar-refractivity contribution in [3.8, 4) is 5.75 Å². The predicted octanol–water partition coefficient (Wildman–Crippen LogP) is 6.02. The zero-order valence-corrected chi connectivity index (χ0v) is 23.7. The van der Waals surface area contributed by atoms with Crippen LogP contribution in [0.2, 0.25) is 0 Å². The lowest BCUT2D eigenvalue weighted by Crippen LogP contribution is -2.28. The Bertz CT molecular complexity index is 1730. The number of amidine groups is 1. The summed E-state index contributed by atoms with van der Waals surface area (Å²) in [5.74, 6) is 0.332. The number of carbonyl (C=O) groups excluding carboxylic acids is 2. The number of nitro groups is 1. The average Bonchev–Trinajstić information content (AvgIpc) is 3.62. The van der Waals surface area contributed by atoms with Crippen molar-refractivity contribution in [2.75, 3.05) is 11.9 Å². The van der Waals surface area contributed by atoms with Gasteiger partial charge in [0.15, 0.2) is 11.8 Å². The molecule has 2 heterocycles. The van der Waals surface area contributed by atoms with Gasteiger partial charge in [0.2, 0.25) is 0 Å². The van der Waals surface area contributed by atoms with Gasteiger partial charge in [-0.3, -0.25) is 24.6 Å². The van der Waals surface area contributed by atoms with Gasteiger partial charge in [-0.05, 0) is 55.1 Å². The molecule has 1 aliphatic heterocycles. The molecule has 12 heteroatoms. The molecule has 2 amide bonds. The first-order chi connectivity index (χ1) is 20.9. The Morgan fingerprint density at radius 1 is 1.09 bits per heavy atom. The van der Waals surface area contributed by atoms with Crippen molar-refractivity contribution in [2.45, 2.75) is 13.5 Å². The van der Waals surface area contributed by atoms with E-state index in [0.29, 0.717) is 38.4 Å². The maximum absolute atomic E-state index is 13.5. The molecular weight excluding hydrogens is 570 g/mol. The van der Waals surface area contributed by atoms with Crippen molar-refractivity contribution >= 4 is 52.4 Å². The van der Waals surface area contributed by atoms with Crippen molar-refractivity contribution in [3.63, 3.8) is 0 Å². The number of amides is 2. The Balaban J connectivity index is 1.34. The summed E-state index contributed by atoms with van der Waals surface area (Å²) >= 11 is 1.11. The first-order valence-electron chi connectivity index (χ1n) is 13.0. The van der Waals surface area contributed by atoms with Gasteiger partial charge in [-0.15, -0.1) is 5.10 Å². The summed E-state index contributed by atoms with van der Waals surface area (Å²) in [6, 6.07) is 23.9. The molecule has 5 rings (SSSR count). The Morgan fingerprint density at radius 2 is 1.91 bits per heavy atom. The monoisotopic (exact) mass is 595 g/mol. The third-order valence-corrected chi connectivity index (χ3v) is 7.11. The Kier molecular flexibility index (Phi) is 9.08. The molecule has 3 aromatic carbocycles. The zero-order chi connectivity index (χ0) is 30.2. The van der Waals surface area contributed by atoms with E-state index in [1.165, 1.54) is 29.5 Å². The van der Waals surface area contributed by atoms with Crippen LogP contribution in [0.1, 0.15) is 22.5 Å². The number of hydrogen-bond acceptors (Lipinski definition) is 9. The minimum atomic E-state index is -0.491. The summed E-state index contributed by atoms with van der Waals surface area (Å²) in [6.07, 6.45) is 4.56. The van der Waals surface area contributed by atoms with Gasteiger partial charge in [-0.2, -0.15) is 5.10 Å².